The first-order valence-electron chi connectivity index (χ1n) is 6.12. The minimum absolute atomic E-state index is 0.209. The molecule has 0 radical (unpaired) electrons. The third-order valence-corrected chi connectivity index (χ3v) is 2.58. The second kappa shape index (κ2) is 6.13. The second-order valence-electron chi connectivity index (χ2n) is 5.40. The topological polar surface area (TPSA) is 75.6 Å². The number of esters is 1. The fourth-order valence-electron chi connectivity index (χ4n) is 1.44. The molecule has 0 saturated heterocycles. The van der Waals surface area contributed by atoms with Gasteiger partial charge in [-0.25, -0.2) is 4.79 Å². The fraction of sp³-hybridized carbons (Fsp3) is 0.429. The van der Waals surface area contributed by atoms with Gasteiger partial charge in [0.1, 0.15) is 11.6 Å². The molecule has 1 rings (SSSR count). The van der Waals surface area contributed by atoms with Gasteiger partial charge in [0.25, 0.3) is 0 Å². The van der Waals surface area contributed by atoms with Crippen molar-refractivity contribution in [1.29, 1.82) is 0 Å². The molecule has 0 saturated carbocycles. The fourth-order valence-corrected chi connectivity index (χ4v) is 1.61. The normalized spacial score (nSPS) is 12.7. The first-order chi connectivity index (χ1) is 9.10. The molecule has 0 aliphatic rings. The number of nitrogens with one attached hydrogen (secondary N) is 1. The smallest absolute Gasteiger partial charge is 0.340 e. The number of carboxylic acids is 1. The maximum absolute atomic E-state index is 12.1. The van der Waals surface area contributed by atoms with Gasteiger partial charge in [0, 0.05) is 10.7 Å². The highest BCUT2D eigenvalue weighted by Crippen LogP contribution is 2.24. The highest BCUT2D eigenvalue weighted by atomic mass is 35.5. The lowest BCUT2D eigenvalue weighted by Crippen LogP contribution is -2.28. The van der Waals surface area contributed by atoms with Crippen LogP contribution >= 0.6 is 11.6 Å². The maximum atomic E-state index is 12.1. The van der Waals surface area contributed by atoms with E-state index in [1.54, 1.807) is 32.9 Å². The first kappa shape index (κ1) is 16.3. The maximum Gasteiger partial charge on any atom is 0.340 e. The van der Waals surface area contributed by atoms with E-state index in [4.69, 9.17) is 21.4 Å². The molecule has 0 aliphatic carbocycles. The number of aliphatic carboxylic acids is 1. The van der Waals surface area contributed by atoms with Crippen LogP contribution in [0.1, 0.15) is 38.1 Å². The number of hydrogen-bond acceptors (Lipinski definition) is 4. The van der Waals surface area contributed by atoms with Crippen molar-refractivity contribution in [3.05, 3.63) is 28.8 Å². The molecular weight excluding hydrogens is 282 g/mol. The minimum atomic E-state index is -1.02. The molecular formula is C14H18ClNO4. The predicted octanol–water partition coefficient (Wildman–Crippen LogP) is 3.18. The number of ether oxygens (including phenoxy) is 1. The van der Waals surface area contributed by atoms with Crippen LogP contribution in [0.4, 0.5) is 5.69 Å². The third kappa shape index (κ3) is 4.74. The van der Waals surface area contributed by atoms with Crippen LogP contribution in [-0.4, -0.2) is 28.7 Å². The van der Waals surface area contributed by atoms with Crippen molar-refractivity contribution >= 4 is 29.2 Å². The van der Waals surface area contributed by atoms with Gasteiger partial charge in [-0.15, -0.1) is 0 Å². The van der Waals surface area contributed by atoms with E-state index in [0.29, 0.717) is 10.7 Å². The molecule has 0 spiro atoms. The van der Waals surface area contributed by atoms with Crippen LogP contribution in [-0.2, 0) is 9.53 Å². The van der Waals surface area contributed by atoms with E-state index in [0.717, 1.165) is 0 Å². The monoisotopic (exact) mass is 299 g/mol. The molecule has 2 N–H and O–H groups in total. The second-order valence-corrected chi connectivity index (χ2v) is 5.83. The van der Waals surface area contributed by atoms with E-state index < -0.39 is 23.6 Å². The minimum Gasteiger partial charge on any atom is -0.480 e. The quantitative estimate of drug-likeness (QED) is 0.835. The number of hydrogen-bond donors (Lipinski definition) is 2. The van der Waals surface area contributed by atoms with Gasteiger partial charge in [-0.3, -0.25) is 4.79 Å². The Kier molecular flexibility index (Phi) is 5.00. The van der Waals surface area contributed by atoms with Crippen molar-refractivity contribution < 1.29 is 19.4 Å². The summed E-state index contributed by atoms with van der Waals surface area (Å²) in [5, 5.41) is 12.0. The molecule has 1 aromatic rings. The number of carbonyl (C=O) groups excluding carboxylic acids is 1. The molecule has 5 nitrogen and oxygen atoms in total. The summed E-state index contributed by atoms with van der Waals surface area (Å²) < 4.78 is 5.28. The van der Waals surface area contributed by atoms with Crippen LogP contribution < -0.4 is 5.32 Å². The first-order valence-corrected chi connectivity index (χ1v) is 6.50. The van der Waals surface area contributed by atoms with Gasteiger partial charge in [0.15, 0.2) is 0 Å². The van der Waals surface area contributed by atoms with Crippen LogP contribution in [0.3, 0.4) is 0 Å². The Morgan fingerprint density at radius 3 is 2.45 bits per heavy atom. The van der Waals surface area contributed by atoms with E-state index in [2.05, 4.69) is 5.32 Å². The summed E-state index contributed by atoms with van der Waals surface area (Å²) in [6.45, 7) is 6.74. The lowest BCUT2D eigenvalue weighted by Gasteiger charge is -2.21. The van der Waals surface area contributed by atoms with Crippen molar-refractivity contribution in [2.24, 2.45) is 0 Å². The molecule has 1 unspecified atom stereocenters. The highest BCUT2D eigenvalue weighted by molar-refractivity contribution is 6.31. The Morgan fingerprint density at radius 1 is 1.35 bits per heavy atom. The Bertz CT molecular complexity index is 522. The van der Waals surface area contributed by atoms with Crippen molar-refractivity contribution in [1.82, 2.24) is 0 Å². The summed E-state index contributed by atoms with van der Waals surface area (Å²) in [6, 6.07) is 3.75. The largest absolute Gasteiger partial charge is 0.480 e. The summed E-state index contributed by atoms with van der Waals surface area (Å²) in [7, 11) is 0. The average molecular weight is 300 g/mol. The SMILES string of the molecule is CC(Nc1ccc(Cl)cc1C(=O)OC(C)(C)C)C(=O)O. The third-order valence-electron chi connectivity index (χ3n) is 2.34. The summed E-state index contributed by atoms with van der Waals surface area (Å²) in [5.41, 5.74) is -0.0613. The zero-order valence-electron chi connectivity index (χ0n) is 11.9. The van der Waals surface area contributed by atoms with Gasteiger partial charge in [0.05, 0.1) is 5.56 Å². The van der Waals surface area contributed by atoms with Gasteiger partial charge in [-0.2, -0.15) is 0 Å². The zero-order chi connectivity index (χ0) is 15.5. The van der Waals surface area contributed by atoms with Crippen LogP contribution in [0.2, 0.25) is 5.02 Å². The number of carboxylic acid groups (broad SMARTS) is 1. The van der Waals surface area contributed by atoms with E-state index in [-0.39, 0.29) is 5.56 Å². The van der Waals surface area contributed by atoms with Gasteiger partial charge < -0.3 is 15.2 Å². The standard InChI is InChI=1S/C14H18ClNO4/c1-8(12(17)18)16-11-6-5-9(15)7-10(11)13(19)20-14(2,3)4/h5-8,16H,1-4H3,(H,17,18). The van der Waals surface area contributed by atoms with Crippen molar-refractivity contribution in [3.8, 4) is 0 Å². The molecule has 0 amide bonds. The summed E-state index contributed by atoms with van der Waals surface area (Å²) in [5.74, 6) is -1.57. The molecule has 0 bridgehead atoms. The molecule has 0 heterocycles. The summed E-state index contributed by atoms with van der Waals surface area (Å²) in [6.07, 6.45) is 0. The van der Waals surface area contributed by atoms with Crippen molar-refractivity contribution in [2.75, 3.05) is 5.32 Å². The summed E-state index contributed by atoms with van der Waals surface area (Å²) >= 11 is 5.88. The molecule has 0 aromatic heterocycles. The number of halogens is 1. The van der Waals surface area contributed by atoms with Crippen LogP contribution in [0, 0.1) is 0 Å². The van der Waals surface area contributed by atoms with E-state index in [1.165, 1.54) is 13.0 Å². The highest BCUT2D eigenvalue weighted by Gasteiger charge is 2.22. The molecule has 0 fully saturated rings. The van der Waals surface area contributed by atoms with Gasteiger partial charge in [-0.1, -0.05) is 11.6 Å². The Hall–Kier alpha value is -1.75. The Morgan fingerprint density at radius 2 is 1.95 bits per heavy atom. The number of carbonyl (C=O) groups is 2. The van der Waals surface area contributed by atoms with E-state index >= 15 is 0 Å². The molecule has 20 heavy (non-hydrogen) atoms. The van der Waals surface area contributed by atoms with E-state index in [1.807, 2.05) is 0 Å². The van der Waals surface area contributed by atoms with Gasteiger partial charge >= 0.3 is 11.9 Å². The number of rotatable bonds is 4. The van der Waals surface area contributed by atoms with Crippen LogP contribution in [0.5, 0.6) is 0 Å². The Labute approximate surface area is 122 Å². The molecule has 0 aliphatic heterocycles. The van der Waals surface area contributed by atoms with Gasteiger partial charge in [0.2, 0.25) is 0 Å². The van der Waals surface area contributed by atoms with Gasteiger partial charge in [-0.05, 0) is 45.9 Å². The molecule has 1 atom stereocenters. The zero-order valence-corrected chi connectivity index (χ0v) is 12.6. The number of anilines is 1. The van der Waals surface area contributed by atoms with Crippen molar-refractivity contribution in [3.63, 3.8) is 0 Å². The van der Waals surface area contributed by atoms with Crippen molar-refractivity contribution in [2.45, 2.75) is 39.3 Å². The van der Waals surface area contributed by atoms with Crippen LogP contribution in [0.15, 0.2) is 18.2 Å². The predicted molar refractivity (Wildman–Crippen MR) is 77.3 cm³/mol. The Balaban J connectivity index is 3.07. The number of benzene rings is 1. The lowest BCUT2D eigenvalue weighted by molar-refractivity contribution is -0.137. The average Bonchev–Trinajstić information content (AvgIpc) is 2.28. The lowest BCUT2D eigenvalue weighted by atomic mass is 10.1. The van der Waals surface area contributed by atoms with Crippen LogP contribution in [0.25, 0.3) is 0 Å². The molecule has 1 aromatic carbocycles. The molecule has 110 valence electrons. The summed E-state index contributed by atoms with van der Waals surface area (Å²) in [4.78, 5) is 23.0. The van der Waals surface area contributed by atoms with E-state index in [9.17, 15) is 9.59 Å². The molecule has 6 heteroatoms.